The smallest absolute Gasteiger partial charge is 0.243 e. The number of anilines is 2. The zero-order chi connectivity index (χ0) is 17.7. The van der Waals surface area contributed by atoms with Gasteiger partial charge in [0.15, 0.2) is 0 Å². The van der Waals surface area contributed by atoms with Crippen molar-refractivity contribution < 1.29 is 9.53 Å². The average molecular weight is 347 g/mol. The van der Waals surface area contributed by atoms with Gasteiger partial charge in [0.1, 0.15) is 5.75 Å². The largest absolute Gasteiger partial charge is 0.495 e. The van der Waals surface area contributed by atoms with Gasteiger partial charge in [-0.1, -0.05) is 43.6 Å². The quantitative estimate of drug-likeness (QED) is 0.787. The summed E-state index contributed by atoms with van der Waals surface area (Å²) in [6.45, 7) is 6.39. The van der Waals surface area contributed by atoms with E-state index < -0.39 is 0 Å². The summed E-state index contributed by atoms with van der Waals surface area (Å²) in [6.07, 6.45) is 0. The van der Waals surface area contributed by atoms with E-state index in [2.05, 4.69) is 24.5 Å². The van der Waals surface area contributed by atoms with Gasteiger partial charge in [0, 0.05) is 11.4 Å². The van der Waals surface area contributed by atoms with Crippen LogP contribution in [-0.2, 0) is 4.79 Å². The van der Waals surface area contributed by atoms with Gasteiger partial charge in [-0.25, -0.2) is 0 Å². The Morgan fingerprint density at radius 3 is 2.62 bits per heavy atom. The van der Waals surface area contributed by atoms with Crippen LogP contribution in [0.3, 0.4) is 0 Å². The van der Waals surface area contributed by atoms with Crippen molar-refractivity contribution in [3.8, 4) is 5.75 Å². The van der Waals surface area contributed by atoms with E-state index in [0.717, 1.165) is 22.5 Å². The molecule has 0 aromatic heterocycles. The van der Waals surface area contributed by atoms with E-state index in [0.29, 0.717) is 16.7 Å². The summed E-state index contributed by atoms with van der Waals surface area (Å²) < 4.78 is 5.11. The average Bonchev–Trinajstić information content (AvgIpc) is 2.54. The monoisotopic (exact) mass is 346 g/mol. The number of halogens is 1. The summed E-state index contributed by atoms with van der Waals surface area (Å²) in [5.74, 6) is 0.847. The summed E-state index contributed by atoms with van der Waals surface area (Å²) >= 11 is 6.09. The molecule has 2 aromatic rings. The van der Waals surface area contributed by atoms with E-state index in [4.69, 9.17) is 16.3 Å². The highest BCUT2D eigenvalue weighted by Gasteiger charge is 2.12. The van der Waals surface area contributed by atoms with E-state index in [1.807, 2.05) is 31.2 Å². The van der Waals surface area contributed by atoms with Crippen LogP contribution in [0.5, 0.6) is 5.75 Å². The molecule has 5 heteroatoms. The molecular weight excluding hydrogens is 324 g/mol. The third-order valence-electron chi connectivity index (χ3n) is 3.80. The summed E-state index contributed by atoms with van der Waals surface area (Å²) in [5, 5.41) is 6.58. The van der Waals surface area contributed by atoms with Crippen molar-refractivity contribution in [3.63, 3.8) is 0 Å². The topological polar surface area (TPSA) is 50.4 Å². The molecule has 2 rings (SSSR count). The van der Waals surface area contributed by atoms with Crippen LogP contribution < -0.4 is 15.4 Å². The maximum atomic E-state index is 12.3. The number of amides is 1. The number of hydrogen-bond donors (Lipinski definition) is 2. The van der Waals surface area contributed by atoms with Crippen molar-refractivity contribution >= 4 is 28.9 Å². The number of rotatable bonds is 6. The van der Waals surface area contributed by atoms with Crippen molar-refractivity contribution in [1.82, 2.24) is 0 Å². The third kappa shape index (κ3) is 4.42. The van der Waals surface area contributed by atoms with E-state index in [9.17, 15) is 4.79 Å². The van der Waals surface area contributed by atoms with Gasteiger partial charge >= 0.3 is 0 Å². The minimum Gasteiger partial charge on any atom is -0.495 e. The van der Waals surface area contributed by atoms with Crippen LogP contribution in [0.4, 0.5) is 11.4 Å². The molecular formula is C19H23ClN2O2. The van der Waals surface area contributed by atoms with Crippen molar-refractivity contribution in [2.24, 2.45) is 0 Å². The number of hydrogen-bond acceptors (Lipinski definition) is 3. The van der Waals surface area contributed by atoms with Gasteiger partial charge < -0.3 is 15.4 Å². The summed E-state index contributed by atoms with van der Waals surface area (Å²) in [4.78, 5) is 12.3. The highest BCUT2D eigenvalue weighted by Crippen LogP contribution is 2.28. The molecule has 2 N–H and O–H groups in total. The Morgan fingerprint density at radius 2 is 2.00 bits per heavy atom. The molecule has 0 atom stereocenters. The Morgan fingerprint density at radius 1 is 1.25 bits per heavy atom. The van der Waals surface area contributed by atoms with Crippen LogP contribution in [0.25, 0.3) is 0 Å². The third-order valence-corrected chi connectivity index (χ3v) is 4.09. The molecule has 2 aromatic carbocycles. The van der Waals surface area contributed by atoms with Gasteiger partial charge in [0.05, 0.1) is 18.7 Å². The van der Waals surface area contributed by atoms with E-state index in [1.165, 1.54) is 0 Å². The molecule has 0 radical (unpaired) electrons. The molecule has 0 aliphatic rings. The van der Waals surface area contributed by atoms with Crippen LogP contribution in [0.1, 0.15) is 30.9 Å². The number of benzene rings is 2. The minimum atomic E-state index is -0.0989. The van der Waals surface area contributed by atoms with Gasteiger partial charge in [-0.2, -0.15) is 0 Å². The standard InChI is InChI=1S/C19H23ClN2O2/c1-12(2)15-7-5-6-13(3)19(15)22-18(23)11-21-14-8-9-17(24-4)16(20)10-14/h5-10,12,21H,11H2,1-4H3,(H,22,23). The first-order chi connectivity index (χ1) is 11.4. The highest BCUT2D eigenvalue weighted by molar-refractivity contribution is 6.32. The molecule has 0 heterocycles. The van der Waals surface area contributed by atoms with Gasteiger partial charge in [0.2, 0.25) is 5.91 Å². The van der Waals surface area contributed by atoms with Gasteiger partial charge in [-0.05, 0) is 42.2 Å². The van der Waals surface area contributed by atoms with Gasteiger partial charge in [0.25, 0.3) is 0 Å². The van der Waals surface area contributed by atoms with Gasteiger partial charge in [-0.3, -0.25) is 4.79 Å². The second-order valence-electron chi connectivity index (χ2n) is 5.94. The molecule has 0 fully saturated rings. The molecule has 0 saturated heterocycles. The van der Waals surface area contributed by atoms with E-state index >= 15 is 0 Å². The van der Waals surface area contributed by atoms with Crippen LogP contribution in [0.2, 0.25) is 5.02 Å². The molecule has 128 valence electrons. The normalized spacial score (nSPS) is 10.6. The fourth-order valence-electron chi connectivity index (χ4n) is 2.48. The van der Waals surface area contributed by atoms with Crippen LogP contribution in [-0.4, -0.2) is 19.6 Å². The maximum absolute atomic E-state index is 12.3. The summed E-state index contributed by atoms with van der Waals surface area (Å²) in [6, 6.07) is 11.4. The number of nitrogens with one attached hydrogen (secondary N) is 2. The number of methoxy groups -OCH3 is 1. The minimum absolute atomic E-state index is 0.0989. The van der Waals surface area contributed by atoms with Crippen LogP contribution >= 0.6 is 11.6 Å². The highest BCUT2D eigenvalue weighted by atomic mass is 35.5. The lowest BCUT2D eigenvalue weighted by Crippen LogP contribution is -2.23. The Labute approximate surface area is 148 Å². The summed E-state index contributed by atoms with van der Waals surface area (Å²) in [7, 11) is 1.57. The number of ether oxygens (including phenoxy) is 1. The fourth-order valence-corrected chi connectivity index (χ4v) is 2.74. The second kappa shape index (κ2) is 8.06. The Kier molecular flexibility index (Phi) is 6.10. The molecule has 0 spiro atoms. The molecule has 0 saturated carbocycles. The van der Waals surface area contributed by atoms with Crippen molar-refractivity contribution in [3.05, 3.63) is 52.5 Å². The number of para-hydroxylation sites is 1. The Bertz CT molecular complexity index is 729. The second-order valence-corrected chi connectivity index (χ2v) is 6.35. The van der Waals surface area contributed by atoms with Crippen molar-refractivity contribution in [1.29, 1.82) is 0 Å². The van der Waals surface area contributed by atoms with E-state index in [-0.39, 0.29) is 12.5 Å². The predicted molar refractivity (Wildman–Crippen MR) is 100 cm³/mol. The Hall–Kier alpha value is -2.20. The zero-order valence-electron chi connectivity index (χ0n) is 14.4. The molecule has 0 bridgehead atoms. The summed E-state index contributed by atoms with van der Waals surface area (Å²) in [5.41, 5.74) is 3.86. The first-order valence-corrected chi connectivity index (χ1v) is 8.27. The lowest BCUT2D eigenvalue weighted by atomic mass is 9.98. The SMILES string of the molecule is COc1ccc(NCC(=O)Nc2c(C)cccc2C(C)C)cc1Cl. The lowest BCUT2D eigenvalue weighted by molar-refractivity contribution is -0.114. The zero-order valence-corrected chi connectivity index (χ0v) is 15.2. The molecule has 4 nitrogen and oxygen atoms in total. The number of aryl methyl sites for hydroxylation is 1. The van der Waals surface area contributed by atoms with Crippen LogP contribution in [0, 0.1) is 6.92 Å². The predicted octanol–water partition coefficient (Wildman–Crippen LogP) is 4.83. The molecule has 0 aliphatic heterocycles. The molecule has 1 amide bonds. The number of carbonyl (C=O) groups excluding carboxylic acids is 1. The molecule has 24 heavy (non-hydrogen) atoms. The van der Waals surface area contributed by atoms with Crippen molar-refractivity contribution in [2.45, 2.75) is 26.7 Å². The van der Waals surface area contributed by atoms with E-state index in [1.54, 1.807) is 19.2 Å². The lowest BCUT2D eigenvalue weighted by Gasteiger charge is -2.17. The van der Waals surface area contributed by atoms with Crippen molar-refractivity contribution in [2.75, 3.05) is 24.3 Å². The Balaban J connectivity index is 2.03. The molecule has 0 aliphatic carbocycles. The first kappa shape index (κ1) is 18.1. The fraction of sp³-hybridized carbons (Fsp3) is 0.316. The molecule has 0 unspecified atom stereocenters. The van der Waals surface area contributed by atoms with Gasteiger partial charge in [-0.15, -0.1) is 0 Å². The maximum Gasteiger partial charge on any atom is 0.243 e. The first-order valence-electron chi connectivity index (χ1n) is 7.89. The number of carbonyl (C=O) groups is 1. The van der Waals surface area contributed by atoms with Crippen LogP contribution in [0.15, 0.2) is 36.4 Å².